The van der Waals surface area contributed by atoms with Crippen LogP contribution in [0.4, 0.5) is 0 Å². The minimum absolute atomic E-state index is 0. The average Bonchev–Trinajstić information content (AvgIpc) is 3.33. The van der Waals surface area contributed by atoms with Crippen molar-refractivity contribution in [3.8, 4) is 0 Å². The zero-order chi connectivity index (χ0) is 21.6. The third-order valence-electron chi connectivity index (χ3n) is 8.96. The highest BCUT2D eigenvalue weighted by Crippen LogP contribution is 2.37. The molecule has 2 aliphatic heterocycles. The van der Waals surface area contributed by atoms with Gasteiger partial charge < -0.3 is 25.9 Å². The van der Waals surface area contributed by atoms with E-state index in [-0.39, 0.29) is 16.3 Å². The predicted octanol–water partition coefficient (Wildman–Crippen LogP) is 4.08. The fourth-order valence-corrected chi connectivity index (χ4v) is 6.95. The SMILES string of the molecule is CC(C)[C@H](CN1CCC(C2C=CC(Cl)CC2)CC1)NCC1CCCC(C2CCOC2)C1.O.O. The van der Waals surface area contributed by atoms with Crippen LogP contribution in [-0.2, 0) is 4.74 Å². The number of likely N-dealkylation sites (tertiary alicyclic amines) is 1. The molecule has 4 aliphatic rings. The number of alkyl halides is 1. The molecule has 1 saturated carbocycles. The Morgan fingerprint density at radius 2 is 1.73 bits per heavy atom. The Bertz CT molecular complexity index is 562. The number of ether oxygens (including phenoxy) is 1. The van der Waals surface area contributed by atoms with Crippen molar-refractivity contribution < 1.29 is 15.7 Å². The van der Waals surface area contributed by atoms with Gasteiger partial charge in [0.15, 0.2) is 0 Å². The van der Waals surface area contributed by atoms with Gasteiger partial charge in [-0.2, -0.15) is 0 Å². The summed E-state index contributed by atoms with van der Waals surface area (Å²) in [6.07, 6.45) is 16.9. The Morgan fingerprint density at radius 1 is 0.939 bits per heavy atom. The van der Waals surface area contributed by atoms with Crippen LogP contribution in [0.1, 0.15) is 71.6 Å². The maximum atomic E-state index is 6.25. The second-order valence-electron chi connectivity index (χ2n) is 11.5. The lowest BCUT2D eigenvalue weighted by atomic mass is 9.74. The molecule has 0 aromatic heterocycles. The molecule has 2 heterocycles. The van der Waals surface area contributed by atoms with E-state index in [1.165, 1.54) is 77.5 Å². The summed E-state index contributed by atoms with van der Waals surface area (Å²) in [5.41, 5.74) is 0. The highest BCUT2D eigenvalue weighted by Gasteiger charge is 2.32. The number of nitrogens with zero attached hydrogens (tertiary/aromatic N) is 1. The van der Waals surface area contributed by atoms with Crippen LogP contribution in [0.3, 0.4) is 0 Å². The fourth-order valence-electron chi connectivity index (χ4n) is 6.74. The van der Waals surface area contributed by atoms with E-state index in [1.54, 1.807) is 0 Å². The molecule has 2 aliphatic carbocycles. The molecule has 0 aromatic rings. The van der Waals surface area contributed by atoms with Crippen LogP contribution in [0.2, 0.25) is 0 Å². The van der Waals surface area contributed by atoms with Crippen LogP contribution >= 0.6 is 11.6 Å². The standard InChI is InChI=1S/C27H47ClN2O.2H2O/c1-20(2)27(29-17-21-4-3-5-24(16-21)25-12-15-31-19-25)18-30-13-10-23(11-14-30)22-6-8-26(28)9-7-22;;/h6,8,20-27,29H,3-5,7,9-19H2,1-2H3;2*1H2/t21?,22?,24?,25?,26?,27-;;/m0../s1. The van der Waals surface area contributed by atoms with Gasteiger partial charge >= 0.3 is 0 Å². The largest absolute Gasteiger partial charge is 0.412 e. The molecule has 5 nitrogen and oxygen atoms in total. The van der Waals surface area contributed by atoms with Crippen molar-refractivity contribution in [2.75, 3.05) is 39.4 Å². The number of rotatable bonds is 8. The summed E-state index contributed by atoms with van der Waals surface area (Å²) >= 11 is 6.25. The number of nitrogens with one attached hydrogen (secondary N) is 1. The summed E-state index contributed by atoms with van der Waals surface area (Å²) in [7, 11) is 0. The van der Waals surface area contributed by atoms with Crippen LogP contribution < -0.4 is 5.32 Å². The Balaban J connectivity index is 0.00000193. The maximum Gasteiger partial charge on any atom is 0.0516 e. The topological polar surface area (TPSA) is 87.5 Å². The second-order valence-corrected chi connectivity index (χ2v) is 12.0. The molecule has 5 unspecified atom stereocenters. The van der Waals surface area contributed by atoms with Crippen LogP contribution in [-0.4, -0.2) is 66.7 Å². The number of hydrogen-bond acceptors (Lipinski definition) is 3. The van der Waals surface area contributed by atoms with Crippen molar-refractivity contribution in [3.63, 3.8) is 0 Å². The van der Waals surface area contributed by atoms with Crippen molar-refractivity contribution in [1.82, 2.24) is 10.2 Å². The number of allylic oxidation sites excluding steroid dienone is 2. The number of halogens is 1. The van der Waals surface area contributed by atoms with Gasteiger partial charge in [-0.15, -0.1) is 11.6 Å². The van der Waals surface area contributed by atoms with Crippen LogP contribution in [0.5, 0.6) is 0 Å². The minimum Gasteiger partial charge on any atom is -0.412 e. The molecule has 33 heavy (non-hydrogen) atoms. The van der Waals surface area contributed by atoms with Crippen molar-refractivity contribution in [1.29, 1.82) is 0 Å². The van der Waals surface area contributed by atoms with Crippen molar-refractivity contribution in [3.05, 3.63) is 12.2 Å². The van der Waals surface area contributed by atoms with Crippen molar-refractivity contribution in [2.24, 2.45) is 35.5 Å². The van der Waals surface area contributed by atoms with E-state index in [9.17, 15) is 0 Å². The zero-order valence-electron chi connectivity index (χ0n) is 21.1. The molecule has 6 atom stereocenters. The lowest BCUT2D eigenvalue weighted by Crippen LogP contribution is -2.48. The summed E-state index contributed by atoms with van der Waals surface area (Å²) in [6, 6.07) is 0.623. The van der Waals surface area contributed by atoms with Gasteiger partial charge in [-0.25, -0.2) is 0 Å². The monoisotopic (exact) mass is 486 g/mol. The van der Waals surface area contributed by atoms with Gasteiger partial charge in [0.2, 0.25) is 0 Å². The third-order valence-corrected chi connectivity index (χ3v) is 9.33. The molecule has 0 amide bonds. The molecular weight excluding hydrogens is 436 g/mol. The normalized spacial score (nSPS) is 34.6. The van der Waals surface area contributed by atoms with E-state index >= 15 is 0 Å². The first-order chi connectivity index (χ1) is 15.1. The van der Waals surface area contributed by atoms with E-state index in [4.69, 9.17) is 16.3 Å². The maximum absolute atomic E-state index is 6.25. The zero-order valence-corrected chi connectivity index (χ0v) is 21.9. The fraction of sp³-hybridized carbons (Fsp3) is 0.926. The van der Waals surface area contributed by atoms with E-state index < -0.39 is 0 Å². The molecule has 0 radical (unpaired) electrons. The first-order valence-electron chi connectivity index (χ1n) is 13.4. The first-order valence-corrected chi connectivity index (χ1v) is 13.9. The molecule has 3 fully saturated rings. The van der Waals surface area contributed by atoms with Gasteiger partial charge in [0, 0.05) is 25.8 Å². The molecule has 0 aromatic carbocycles. The predicted molar refractivity (Wildman–Crippen MR) is 139 cm³/mol. The Kier molecular flexibility index (Phi) is 12.7. The molecule has 0 bridgehead atoms. The lowest BCUT2D eigenvalue weighted by molar-refractivity contribution is 0.126. The molecule has 194 valence electrons. The van der Waals surface area contributed by atoms with Gasteiger partial charge in [-0.05, 0) is 100 Å². The molecule has 5 N–H and O–H groups in total. The van der Waals surface area contributed by atoms with Gasteiger partial charge in [0.05, 0.1) is 5.38 Å². The van der Waals surface area contributed by atoms with Crippen LogP contribution in [0.15, 0.2) is 12.2 Å². The quantitative estimate of drug-likeness (QED) is 0.414. The Hall–Kier alpha value is -0.170. The summed E-state index contributed by atoms with van der Waals surface area (Å²) in [4.78, 5) is 2.74. The summed E-state index contributed by atoms with van der Waals surface area (Å²) in [5, 5.41) is 4.31. The summed E-state index contributed by atoms with van der Waals surface area (Å²) < 4.78 is 5.68. The Labute approximate surface area is 207 Å². The second kappa shape index (κ2) is 14.4. The summed E-state index contributed by atoms with van der Waals surface area (Å²) in [5.74, 6) is 4.99. The molecule has 4 rings (SSSR count). The third kappa shape index (κ3) is 8.47. The van der Waals surface area contributed by atoms with Crippen LogP contribution in [0, 0.1) is 35.5 Å². The van der Waals surface area contributed by atoms with E-state index in [0.29, 0.717) is 12.0 Å². The van der Waals surface area contributed by atoms with Gasteiger partial charge in [0.1, 0.15) is 0 Å². The summed E-state index contributed by atoms with van der Waals surface area (Å²) in [6.45, 7) is 11.8. The minimum atomic E-state index is 0. The van der Waals surface area contributed by atoms with E-state index in [0.717, 1.165) is 49.2 Å². The van der Waals surface area contributed by atoms with Crippen LogP contribution in [0.25, 0.3) is 0 Å². The molecule has 6 heteroatoms. The first kappa shape index (κ1) is 29.1. The Morgan fingerprint density at radius 3 is 2.36 bits per heavy atom. The molecule has 0 spiro atoms. The average molecular weight is 487 g/mol. The van der Waals surface area contributed by atoms with E-state index in [1.807, 2.05) is 0 Å². The number of piperidine rings is 1. The van der Waals surface area contributed by atoms with E-state index in [2.05, 4.69) is 36.2 Å². The van der Waals surface area contributed by atoms with Gasteiger partial charge in [0.25, 0.3) is 0 Å². The lowest BCUT2D eigenvalue weighted by Gasteiger charge is -2.39. The number of hydrogen-bond donors (Lipinski definition) is 1. The highest BCUT2D eigenvalue weighted by atomic mass is 35.5. The van der Waals surface area contributed by atoms with Gasteiger partial charge in [-0.1, -0.05) is 38.8 Å². The highest BCUT2D eigenvalue weighted by molar-refractivity contribution is 6.21. The van der Waals surface area contributed by atoms with Crippen molar-refractivity contribution >= 4 is 11.6 Å². The van der Waals surface area contributed by atoms with Gasteiger partial charge in [-0.3, -0.25) is 0 Å². The molecule has 2 saturated heterocycles. The van der Waals surface area contributed by atoms with Crippen molar-refractivity contribution in [2.45, 2.75) is 83.1 Å². The molecular formula is C27H51ClN2O3. The smallest absolute Gasteiger partial charge is 0.0516 e.